The topological polar surface area (TPSA) is 93.3 Å². The molecule has 1 fully saturated rings. The van der Waals surface area contributed by atoms with Crippen molar-refractivity contribution in [3.8, 4) is 0 Å². The number of nitro benzene ring substituents is 1. The number of fused-ring (bicyclic) bond motifs is 1. The van der Waals surface area contributed by atoms with Gasteiger partial charge in [0, 0.05) is 37.6 Å². The first kappa shape index (κ1) is 16.7. The summed E-state index contributed by atoms with van der Waals surface area (Å²) in [7, 11) is 0. The molecule has 0 aliphatic carbocycles. The Morgan fingerprint density at radius 1 is 1.27 bits per heavy atom. The van der Waals surface area contributed by atoms with Gasteiger partial charge in [0.1, 0.15) is 5.54 Å². The number of nitrogens with zero attached hydrogens (tertiary/aromatic N) is 4. The largest absolute Gasteiger partial charge is 0.336 e. The van der Waals surface area contributed by atoms with Gasteiger partial charge in [-0.05, 0) is 49.5 Å². The van der Waals surface area contributed by atoms with Crippen molar-refractivity contribution in [2.24, 2.45) is 0 Å². The normalized spacial score (nSPS) is 19.0. The zero-order valence-electron chi connectivity index (χ0n) is 14.4. The Kier molecular flexibility index (Phi) is 4.20. The third-order valence-corrected chi connectivity index (χ3v) is 5.47. The first-order valence-electron chi connectivity index (χ1n) is 8.86. The number of rotatable bonds is 3. The molecule has 1 amide bonds. The molecule has 2 aromatic rings. The molecule has 2 aliphatic rings. The van der Waals surface area contributed by atoms with Gasteiger partial charge in [0.15, 0.2) is 0 Å². The van der Waals surface area contributed by atoms with E-state index >= 15 is 0 Å². The van der Waals surface area contributed by atoms with E-state index in [1.807, 2.05) is 23.2 Å². The van der Waals surface area contributed by atoms with Gasteiger partial charge < -0.3 is 10.2 Å². The Bertz CT molecular complexity index is 827. The summed E-state index contributed by atoms with van der Waals surface area (Å²) in [6.45, 7) is 2.56. The average Bonchev–Trinajstić information content (AvgIpc) is 3.22. The highest BCUT2D eigenvalue weighted by Gasteiger charge is 2.45. The number of aromatic nitrogens is 2. The van der Waals surface area contributed by atoms with E-state index in [1.54, 1.807) is 16.9 Å². The molecule has 1 aromatic heterocycles. The maximum atomic E-state index is 13.5. The lowest BCUT2D eigenvalue weighted by molar-refractivity contribution is -0.385. The molecule has 1 aromatic carbocycles. The number of non-ortho nitro benzene ring substituents is 1. The van der Waals surface area contributed by atoms with Crippen LogP contribution in [0.25, 0.3) is 0 Å². The Balaban J connectivity index is 1.63. The van der Waals surface area contributed by atoms with Gasteiger partial charge in [-0.3, -0.25) is 19.6 Å². The van der Waals surface area contributed by atoms with E-state index in [9.17, 15) is 14.9 Å². The van der Waals surface area contributed by atoms with Crippen molar-refractivity contribution in [1.82, 2.24) is 20.0 Å². The molecule has 0 bridgehead atoms. The lowest BCUT2D eigenvalue weighted by Crippen LogP contribution is -2.56. The van der Waals surface area contributed by atoms with E-state index < -0.39 is 5.54 Å². The maximum Gasteiger partial charge on any atom is 0.269 e. The van der Waals surface area contributed by atoms with Crippen LogP contribution in [0.1, 0.15) is 24.0 Å². The van der Waals surface area contributed by atoms with Crippen LogP contribution in [-0.2, 0) is 23.3 Å². The van der Waals surface area contributed by atoms with Crippen molar-refractivity contribution >= 4 is 11.6 Å². The third kappa shape index (κ3) is 2.76. The molecular weight excluding hydrogens is 334 g/mol. The minimum absolute atomic E-state index is 0.0554. The van der Waals surface area contributed by atoms with Crippen LogP contribution in [0.5, 0.6) is 0 Å². The van der Waals surface area contributed by atoms with Crippen LogP contribution < -0.4 is 5.32 Å². The predicted octanol–water partition coefficient (Wildman–Crippen LogP) is 1.45. The lowest BCUT2D eigenvalue weighted by atomic mass is 9.85. The number of piperidine rings is 1. The quantitative estimate of drug-likeness (QED) is 0.664. The van der Waals surface area contributed by atoms with Crippen molar-refractivity contribution in [1.29, 1.82) is 0 Å². The molecule has 0 radical (unpaired) electrons. The van der Waals surface area contributed by atoms with Gasteiger partial charge in [-0.15, -0.1) is 0 Å². The molecule has 0 spiro atoms. The Hall–Kier alpha value is -2.74. The SMILES string of the molecule is O=C(N1CCc2ccc([N+](=O)[O-])cc2C1)C1(n2cccn2)CCNCC1. The number of benzene rings is 1. The molecule has 8 nitrogen and oxygen atoms in total. The van der Waals surface area contributed by atoms with Crippen molar-refractivity contribution in [3.05, 3.63) is 57.9 Å². The zero-order valence-corrected chi connectivity index (χ0v) is 14.4. The summed E-state index contributed by atoms with van der Waals surface area (Å²) in [6.07, 6.45) is 5.64. The first-order valence-corrected chi connectivity index (χ1v) is 8.86. The minimum atomic E-state index is -0.674. The van der Waals surface area contributed by atoms with Crippen LogP contribution in [-0.4, -0.2) is 45.1 Å². The lowest BCUT2D eigenvalue weighted by Gasteiger charge is -2.41. The van der Waals surface area contributed by atoms with Crippen molar-refractivity contribution in [2.45, 2.75) is 31.3 Å². The van der Waals surface area contributed by atoms with Gasteiger partial charge in [-0.1, -0.05) is 6.07 Å². The summed E-state index contributed by atoms with van der Waals surface area (Å²) in [5.41, 5.74) is 1.34. The number of carbonyl (C=O) groups excluding carboxylic acids is 1. The van der Waals surface area contributed by atoms with Crippen LogP contribution in [0, 0.1) is 10.1 Å². The second kappa shape index (κ2) is 6.53. The molecule has 136 valence electrons. The third-order valence-electron chi connectivity index (χ3n) is 5.47. The molecule has 8 heteroatoms. The highest BCUT2D eigenvalue weighted by Crippen LogP contribution is 2.32. The van der Waals surface area contributed by atoms with Gasteiger partial charge in [-0.2, -0.15) is 5.10 Å². The number of carbonyl (C=O) groups is 1. The van der Waals surface area contributed by atoms with Gasteiger partial charge in [0.2, 0.25) is 0 Å². The number of nitrogens with one attached hydrogen (secondary N) is 1. The van der Waals surface area contributed by atoms with Crippen molar-refractivity contribution < 1.29 is 9.72 Å². The van der Waals surface area contributed by atoms with Crippen LogP contribution in [0.15, 0.2) is 36.7 Å². The van der Waals surface area contributed by atoms with E-state index in [0.29, 0.717) is 32.4 Å². The van der Waals surface area contributed by atoms with E-state index in [4.69, 9.17) is 0 Å². The van der Waals surface area contributed by atoms with Gasteiger partial charge >= 0.3 is 0 Å². The summed E-state index contributed by atoms with van der Waals surface area (Å²) in [5, 5.41) is 18.7. The first-order chi connectivity index (χ1) is 12.6. The average molecular weight is 355 g/mol. The molecule has 1 saturated heterocycles. The van der Waals surface area contributed by atoms with Crippen LogP contribution in [0.2, 0.25) is 0 Å². The number of nitro groups is 1. The number of hydrogen-bond acceptors (Lipinski definition) is 5. The van der Waals surface area contributed by atoms with E-state index in [0.717, 1.165) is 24.2 Å². The molecule has 0 atom stereocenters. The van der Waals surface area contributed by atoms with Crippen molar-refractivity contribution in [3.63, 3.8) is 0 Å². The Labute approximate surface area is 150 Å². The van der Waals surface area contributed by atoms with E-state index in [2.05, 4.69) is 10.4 Å². The maximum absolute atomic E-state index is 13.5. The van der Waals surface area contributed by atoms with Crippen LogP contribution in [0.3, 0.4) is 0 Å². The fraction of sp³-hybridized carbons (Fsp3) is 0.444. The van der Waals surface area contributed by atoms with Crippen LogP contribution in [0.4, 0.5) is 5.69 Å². The van der Waals surface area contributed by atoms with E-state index in [1.165, 1.54) is 6.07 Å². The number of hydrogen-bond donors (Lipinski definition) is 1. The van der Waals surface area contributed by atoms with Gasteiger partial charge in [0.05, 0.1) is 4.92 Å². The molecule has 2 aliphatic heterocycles. The molecule has 0 unspecified atom stereocenters. The molecule has 1 N–H and O–H groups in total. The standard InChI is InChI=1S/C18H21N5O3/c24-17(18(5-8-19-9-6-18)22-10-1-7-20-22)21-11-4-14-2-3-16(23(25)26)12-15(14)13-21/h1-3,7,10,12,19H,4-6,8-9,11,13H2. The minimum Gasteiger partial charge on any atom is -0.336 e. The van der Waals surface area contributed by atoms with Crippen molar-refractivity contribution in [2.75, 3.05) is 19.6 Å². The Morgan fingerprint density at radius 2 is 2.08 bits per heavy atom. The monoisotopic (exact) mass is 355 g/mol. The summed E-state index contributed by atoms with van der Waals surface area (Å²) in [5.74, 6) is 0.0554. The second-order valence-electron chi connectivity index (χ2n) is 6.92. The molecular formula is C18H21N5O3. The molecule has 26 heavy (non-hydrogen) atoms. The predicted molar refractivity (Wildman–Crippen MR) is 94.5 cm³/mol. The smallest absolute Gasteiger partial charge is 0.269 e. The highest BCUT2D eigenvalue weighted by molar-refractivity contribution is 5.85. The zero-order chi connectivity index (χ0) is 18.1. The van der Waals surface area contributed by atoms with Crippen LogP contribution >= 0.6 is 0 Å². The molecule has 4 rings (SSSR count). The Morgan fingerprint density at radius 3 is 2.77 bits per heavy atom. The second-order valence-corrected chi connectivity index (χ2v) is 6.92. The molecule has 3 heterocycles. The summed E-state index contributed by atoms with van der Waals surface area (Å²) >= 11 is 0. The summed E-state index contributed by atoms with van der Waals surface area (Å²) in [6, 6.07) is 6.78. The fourth-order valence-corrected chi connectivity index (χ4v) is 4.03. The summed E-state index contributed by atoms with van der Waals surface area (Å²) in [4.78, 5) is 26.0. The summed E-state index contributed by atoms with van der Waals surface area (Å²) < 4.78 is 1.79. The molecule has 0 saturated carbocycles. The van der Waals surface area contributed by atoms with Gasteiger partial charge in [0.25, 0.3) is 11.6 Å². The van der Waals surface area contributed by atoms with E-state index in [-0.39, 0.29) is 16.5 Å². The highest BCUT2D eigenvalue weighted by atomic mass is 16.6. The fourth-order valence-electron chi connectivity index (χ4n) is 4.03. The van der Waals surface area contributed by atoms with Gasteiger partial charge in [-0.25, -0.2) is 0 Å². The number of amides is 1.